The zero-order valence-electron chi connectivity index (χ0n) is 11.5. The minimum Gasteiger partial charge on any atom is -0.308 e. The fourth-order valence-corrected chi connectivity index (χ4v) is 2.02. The van der Waals surface area contributed by atoms with Crippen LogP contribution in [0.3, 0.4) is 0 Å². The highest BCUT2D eigenvalue weighted by Gasteiger charge is 2.14. The number of aryl methyl sites for hydroxylation is 2. The molecule has 0 aliphatic carbocycles. The molecule has 0 amide bonds. The van der Waals surface area contributed by atoms with Crippen LogP contribution < -0.4 is 5.32 Å². The van der Waals surface area contributed by atoms with Gasteiger partial charge in [0.05, 0.1) is 11.7 Å². The summed E-state index contributed by atoms with van der Waals surface area (Å²) in [6.45, 7) is 13.5. The molecule has 1 rings (SSSR count). The molecule has 0 fully saturated rings. The van der Waals surface area contributed by atoms with Crippen LogP contribution in [0.25, 0.3) is 0 Å². The van der Waals surface area contributed by atoms with E-state index >= 15 is 0 Å². The lowest BCUT2D eigenvalue weighted by Gasteiger charge is -2.20. The Kier molecular flexibility index (Phi) is 5.36. The molecule has 0 aromatic carbocycles. The maximum atomic E-state index is 4.58. The van der Waals surface area contributed by atoms with E-state index in [9.17, 15) is 0 Å². The Morgan fingerprint density at radius 3 is 2.71 bits per heavy atom. The van der Waals surface area contributed by atoms with E-state index in [-0.39, 0.29) is 0 Å². The first-order valence-corrected chi connectivity index (χ1v) is 6.35. The Balaban J connectivity index is 2.90. The molecule has 0 aliphatic rings. The lowest BCUT2D eigenvalue weighted by atomic mass is 10.0. The largest absolute Gasteiger partial charge is 0.308 e. The standard InChI is InChI=1S/C15H24N2/c1-6-7-16-14(8-11(2)3)15-13(5)9-12(4)10-17-15/h9-10,14,16H,2,6-8H2,1,3-5H3. The molecule has 2 heteroatoms. The Morgan fingerprint density at radius 2 is 2.18 bits per heavy atom. The molecule has 0 spiro atoms. The summed E-state index contributed by atoms with van der Waals surface area (Å²) in [6, 6.07) is 2.49. The minimum atomic E-state index is 0.299. The van der Waals surface area contributed by atoms with Crippen molar-refractivity contribution in [3.8, 4) is 0 Å². The van der Waals surface area contributed by atoms with Gasteiger partial charge in [0.15, 0.2) is 0 Å². The maximum Gasteiger partial charge on any atom is 0.0605 e. The molecule has 0 radical (unpaired) electrons. The molecule has 1 unspecified atom stereocenters. The van der Waals surface area contributed by atoms with Crippen LogP contribution in [0.1, 0.15) is 49.6 Å². The zero-order chi connectivity index (χ0) is 12.8. The predicted molar refractivity (Wildman–Crippen MR) is 74.2 cm³/mol. The van der Waals surface area contributed by atoms with Crippen LogP contribution >= 0.6 is 0 Å². The molecule has 0 saturated carbocycles. The van der Waals surface area contributed by atoms with E-state index in [1.807, 2.05) is 6.20 Å². The highest BCUT2D eigenvalue weighted by atomic mass is 14.9. The molecule has 0 aliphatic heterocycles. The smallest absolute Gasteiger partial charge is 0.0605 e. The van der Waals surface area contributed by atoms with E-state index < -0.39 is 0 Å². The Bertz CT molecular complexity index is 383. The second-order valence-corrected chi connectivity index (χ2v) is 4.88. The quantitative estimate of drug-likeness (QED) is 0.756. The van der Waals surface area contributed by atoms with Gasteiger partial charge in [0.1, 0.15) is 0 Å². The van der Waals surface area contributed by atoms with Gasteiger partial charge in [-0.2, -0.15) is 0 Å². The van der Waals surface area contributed by atoms with Gasteiger partial charge in [0, 0.05) is 6.20 Å². The number of nitrogens with one attached hydrogen (secondary N) is 1. The molecule has 1 atom stereocenters. The third kappa shape index (κ3) is 4.31. The molecule has 0 bridgehead atoms. The van der Waals surface area contributed by atoms with E-state index in [1.54, 1.807) is 0 Å². The van der Waals surface area contributed by atoms with Crippen LogP contribution in [0.2, 0.25) is 0 Å². The topological polar surface area (TPSA) is 24.9 Å². The highest BCUT2D eigenvalue weighted by molar-refractivity contribution is 5.26. The zero-order valence-corrected chi connectivity index (χ0v) is 11.5. The summed E-state index contributed by atoms with van der Waals surface area (Å²) in [5, 5.41) is 3.55. The predicted octanol–water partition coefficient (Wildman–Crippen LogP) is 3.71. The molecule has 1 aromatic rings. The molecular weight excluding hydrogens is 208 g/mol. The van der Waals surface area contributed by atoms with Gasteiger partial charge in [0.2, 0.25) is 0 Å². The second kappa shape index (κ2) is 6.55. The molecule has 94 valence electrons. The van der Waals surface area contributed by atoms with Crippen molar-refractivity contribution in [1.82, 2.24) is 10.3 Å². The fourth-order valence-electron chi connectivity index (χ4n) is 2.02. The number of rotatable bonds is 6. The summed E-state index contributed by atoms with van der Waals surface area (Å²) in [7, 11) is 0. The van der Waals surface area contributed by atoms with E-state index in [4.69, 9.17) is 0 Å². The summed E-state index contributed by atoms with van der Waals surface area (Å²) >= 11 is 0. The molecule has 1 heterocycles. The molecule has 17 heavy (non-hydrogen) atoms. The summed E-state index contributed by atoms with van der Waals surface area (Å²) in [5.74, 6) is 0. The Morgan fingerprint density at radius 1 is 1.47 bits per heavy atom. The van der Waals surface area contributed by atoms with Gasteiger partial charge in [-0.25, -0.2) is 0 Å². The second-order valence-electron chi connectivity index (χ2n) is 4.88. The highest BCUT2D eigenvalue weighted by Crippen LogP contribution is 2.22. The number of hydrogen-bond acceptors (Lipinski definition) is 2. The monoisotopic (exact) mass is 232 g/mol. The van der Waals surface area contributed by atoms with Gasteiger partial charge in [0.25, 0.3) is 0 Å². The van der Waals surface area contributed by atoms with Gasteiger partial charge in [-0.15, -0.1) is 6.58 Å². The van der Waals surface area contributed by atoms with Crippen LogP contribution in [0.5, 0.6) is 0 Å². The average molecular weight is 232 g/mol. The third-order valence-corrected chi connectivity index (χ3v) is 2.78. The van der Waals surface area contributed by atoms with Gasteiger partial charge in [-0.05, 0) is 51.3 Å². The van der Waals surface area contributed by atoms with Crippen molar-refractivity contribution in [2.45, 2.75) is 46.6 Å². The lowest BCUT2D eigenvalue weighted by Crippen LogP contribution is -2.24. The summed E-state index contributed by atoms with van der Waals surface area (Å²) in [5.41, 5.74) is 4.84. The molecular formula is C15H24N2. The maximum absolute atomic E-state index is 4.58. The van der Waals surface area contributed by atoms with Crippen LogP contribution in [0.15, 0.2) is 24.4 Å². The number of aromatic nitrogens is 1. The lowest BCUT2D eigenvalue weighted by molar-refractivity contribution is 0.514. The van der Waals surface area contributed by atoms with E-state index in [0.717, 1.165) is 25.1 Å². The summed E-state index contributed by atoms with van der Waals surface area (Å²) in [6.07, 6.45) is 4.04. The number of pyridine rings is 1. The van der Waals surface area contributed by atoms with Gasteiger partial charge >= 0.3 is 0 Å². The van der Waals surface area contributed by atoms with Crippen molar-refractivity contribution < 1.29 is 0 Å². The fraction of sp³-hybridized carbons (Fsp3) is 0.533. The van der Waals surface area contributed by atoms with Crippen molar-refractivity contribution in [1.29, 1.82) is 0 Å². The molecule has 1 N–H and O–H groups in total. The third-order valence-electron chi connectivity index (χ3n) is 2.78. The van der Waals surface area contributed by atoms with Crippen LogP contribution in [-0.4, -0.2) is 11.5 Å². The Hall–Kier alpha value is -1.15. The summed E-state index contributed by atoms with van der Waals surface area (Å²) in [4.78, 5) is 4.58. The molecule has 2 nitrogen and oxygen atoms in total. The van der Waals surface area contributed by atoms with Gasteiger partial charge in [-0.3, -0.25) is 4.98 Å². The summed E-state index contributed by atoms with van der Waals surface area (Å²) < 4.78 is 0. The van der Waals surface area contributed by atoms with Crippen LogP contribution in [0.4, 0.5) is 0 Å². The van der Waals surface area contributed by atoms with Crippen LogP contribution in [0, 0.1) is 13.8 Å². The van der Waals surface area contributed by atoms with Crippen LogP contribution in [-0.2, 0) is 0 Å². The van der Waals surface area contributed by atoms with E-state index in [1.165, 1.54) is 16.7 Å². The van der Waals surface area contributed by atoms with E-state index in [2.05, 4.69) is 50.6 Å². The first-order chi connectivity index (χ1) is 8.04. The van der Waals surface area contributed by atoms with Crippen molar-refractivity contribution in [3.63, 3.8) is 0 Å². The van der Waals surface area contributed by atoms with Crippen molar-refractivity contribution in [2.75, 3.05) is 6.54 Å². The van der Waals surface area contributed by atoms with Gasteiger partial charge in [-0.1, -0.05) is 18.6 Å². The number of nitrogens with zero attached hydrogens (tertiary/aromatic N) is 1. The Labute approximate surface area is 105 Å². The average Bonchev–Trinajstić information content (AvgIpc) is 2.24. The molecule has 0 saturated heterocycles. The first kappa shape index (κ1) is 13.9. The SMILES string of the molecule is C=C(C)CC(NCCC)c1ncc(C)cc1C. The molecule has 1 aromatic heterocycles. The van der Waals surface area contributed by atoms with Crippen molar-refractivity contribution >= 4 is 0 Å². The van der Waals surface area contributed by atoms with Crippen molar-refractivity contribution in [2.24, 2.45) is 0 Å². The minimum absolute atomic E-state index is 0.299. The number of hydrogen-bond donors (Lipinski definition) is 1. The first-order valence-electron chi connectivity index (χ1n) is 6.35. The van der Waals surface area contributed by atoms with Crippen molar-refractivity contribution in [3.05, 3.63) is 41.2 Å². The van der Waals surface area contributed by atoms with Gasteiger partial charge < -0.3 is 5.32 Å². The normalized spacial score (nSPS) is 12.5. The van der Waals surface area contributed by atoms with E-state index in [0.29, 0.717) is 6.04 Å².